The van der Waals surface area contributed by atoms with Crippen LogP contribution in [0.4, 0.5) is 11.4 Å². The van der Waals surface area contributed by atoms with Gasteiger partial charge in [-0.05, 0) is 43.0 Å². The number of hydrogen-bond acceptors (Lipinski definition) is 6. The molecule has 3 atom stereocenters. The Morgan fingerprint density at radius 1 is 1.07 bits per heavy atom. The predicted molar refractivity (Wildman–Crippen MR) is 117 cm³/mol. The average Bonchev–Trinajstić information content (AvgIpc) is 3.19. The van der Waals surface area contributed by atoms with Crippen LogP contribution in [0.3, 0.4) is 0 Å². The fourth-order valence-corrected chi connectivity index (χ4v) is 4.54. The molecule has 0 radical (unpaired) electrons. The highest BCUT2D eigenvalue weighted by atomic mass is 35.5. The second-order valence-electron chi connectivity index (χ2n) is 8.00. The Hall–Kier alpha value is -1.38. The van der Waals surface area contributed by atoms with Crippen LogP contribution in [0, 0.1) is 5.92 Å². The fourth-order valence-electron chi connectivity index (χ4n) is 4.54. The van der Waals surface area contributed by atoms with Gasteiger partial charge in [0.2, 0.25) is 5.91 Å². The Morgan fingerprint density at radius 3 is 2.55 bits per heavy atom. The van der Waals surface area contributed by atoms with Gasteiger partial charge in [-0.15, -0.1) is 12.4 Å². The van der Waals surface area contributed by atoms with Crippen LogP contribution in [0.5, 0.6) is 0 Å². The van der Waals surface area contributed by atoms with E-state index >= 15 is 0 Å². The molecule has 3 N–H and O–H groups in total. The smallest absolute Gasteiger partial charge is 0.238 e. The van der Waals surface area contributed by atoms with Crippen molar-refractivity contribution in [3.63, 3.8) is 0 Å². The summed E-state index contributed by atoms with van der Waals surface area (Å²) in [6.45, 7) is 6.06. The van der Waals surface area contributed by atoms with Crippen LogP contribution in [-0.4, -0.2) is 75.5 Å². The molecule has 0 aromatic heterocycles. The maximum absolute atomic E-state index is 12.2. The minimum atomic E-state index is 0. The summed E-state index contributed by atoms with van der Waals surface area (Å²) in [5, 5.41) is 10.3. The molecule has 29 heavy (non-hydrogen) atoms. The molecule has 3 unspecified atom stereocenters. The summed E-state index contributed by atoms with van der Waals surface area (Å²) in [5.41, 5.74) is 1.95. The highest BCUT2D eigenvalue weighted by molar-refractivity contribution is 5.92. The van der Waals surface area contributed by atoms with E-state index < -0.39 is 0 Å². The quantitative estimate of drug-likeness (QED) is 0.648. The number of ether oxygens (including phenoxy) is 2. The molecule has 1 aliphatic carbocycles. The van der Waals surface area contributed by atoms with Crippen molar-refractivity contribution in [1.82, 2.24) is 10.2 Å². The van der Waals surface area contributed by atoms with E-state index in [9.17, 15) is 4.79 Å². The summed E-state index contributed by atoms with van der Waals surface area (Å²) in [4.78, 5) is 14.4. The highest BCUT2D eigenvalue weighted by Crippen LogP contribution is 2.32. The maximum atomic E-state index is 12.2. The van der Waals surface area contributed by atoms with Gasteiger partial charge in [0.1, 0.15) is 0 Å². The second kappa shape index (κ2) is 11.1. The molecule has 4 rings (SSSR count). The minimum absolute atomic E-state index is 0. The van der Waals surface area contributed by atoms with Crippen molar-refractivity contribution >= 4 is 29.7 Å². The van der Waals surface area contributed by atoms with Gasteiger partial charge in [-0.3, -0.25) is 9.69 Å². The number of nitrogens with one attached hydrogen (secondary N) is 3. The summed E-state index contributed by atoms with van der Waals surface area (Å²) < 4.78 is 11.0. The van der Waals surface area contributed by atoms with Crippen molar-refractivity contribution in [2.24, 2.45) is 5.92 Å². The maximum Gasteiger partial charge on any atom is 0.238 e. The molecule has 3 fully saturated rings. The zero-order chi connectivity index (χ0) is 19.2. The van der Waals surface area contributed by atoms with E-state index in [0.717, 1.165) is 44.2 Å². The first kappa shape index (κ1) is 22.3. The molecule has 3 aliphatic rings. The van der Waals surface area contributed by atoms with Crippen molar-refractivity contribution in [3.05, 3.63) is 24.3 Å². The average molecular weight is 425 g/mol. The highest BCUT2D eigenvalue weighted by Gasteiger charge is 2.34. The molecule has 0 bridgehead atoms. The van der Waals surface area contributed by atoms with E-state index in [1.54, 1.807) is 0 Å². The van der Waals surface area contributed by atoms with Gasteiger partial charge in [-0.25, -0.2) is 0 Å². The van der Waals surface area contributed by atoms with Crippen LogP contribution in [0.25, 0.3) is 0 Å². The van der Waals surface area contributed by atoms with Crippen molar-refractivity contribution in [2.45, 2.75) is 31.3 Å². The van der Waals surface area contributed by atoms with E-state index in [4.69, 9.17) is 9.47 Å². The summed E-state index contributed by atoms with van der Waals surface area (Å²) in [5.74, 6) is 0.634. The first-order chi connectivity index (χ1) is 13.8. The molecule has 1 aromatic rings. The van der Waals surface area contributed by atoms with Crippen LogP contribution in [0.1, 0.15) is 19.3 Å². The predicted octanol–water partition coefficient (Wildman–Crippen LogP) is 1.95. The topological polar surface area (TPSA) is 74.9 Å². The number of anilines is 2. The largest absolute Gasteiger partial charge is 0.382 e. The number of carbonyl (C=O) groups excluding carboxylic acids is 1. The van der Waals surface area contributed by atoms with E-state index in [1.165, 1.54) is 19.3 Å². The SMILES string of the molecule is Cl.O=C(CN1CCOCC1)Nc1ccc(NC2CCCC2C2COCCN2)cc1. The normalized spacial score (nSPS) is 27.8. The van der Waals surface area contributed by atoms with Crippen molar-refractivity contribution in [2.75, 3.05) is 63.2 Å². The lowest BCUT2D eigenvalue weighted by Gasteiger charge is -2.33. The summed E-state index contributed by atoms with van der Waals surface area (Å²) >= 11 is 0. The lowest BCUT2D eigenvalue weighted by atomic mass is 9.94. The van der Waals surface area contributed by atoms with Gasteiger partial charge >= 0.3 is 0 Å². The van der Waals surface area contributed by atoms with Gasteiger partial charge < -0.3 is 25.4 Å². The van der Waals surface area contributed by atoms with Gasteiger partial charge in [0.25, 0.3) is 0 Å². The number of hydrogen-bond donors (Lipinski definition) is 3. The third kappa shape index (κ3) is 6.30. The third-order valence-electron chi connectivity index (χ3n) is 6.03. The van der Waals surface area contributed by atoms with Gasteiger partial charge in [0.05, 0.1) is 33.0 Å². The zero-order valence-electron chi connectivity index (χ0n) is 16.9. The molecule has 162 valence electrons. The van der Waals surface area contributed by atoms with Crippen LogP contribution in [-0.2, 0) is 14.3 Å². The molecule has 0 spiro atoms. The van der Waals surface area contributed by atoms with Gasteiger partial charge in [-0.1, -0.05) is 6.42 Å². The Bertz CT molecular complexity index is 633. The van der Waals surface area contributed by atoms with Gasteiger partial charge in [0.15, 0.2) is 0 Å². The lowest BCUT2D eigenvalue weighted by molar-refractivity contribution is -0.118. The number of carbonyl (C=O) groups is 1. The Morgan fingerprint density at radius 2 is 1.83 bits per heavy atom. The Balaban J connectivity index is 0.00000240. The van der Waals surface area contributed by atoms with Crippen LogP contribution < -0.4 is 16.0 Å². The lowest BCUT2D eigenvalue weighted by Crippen LogP contribution is -2.49. The third-order valence-corrected chi connectivity index (χ3v) is 6.03. The van der Waals surface area contributed by atoms with Crippen LogP contribution in [0.15, 0.2) is 24.3 Å². The molecule has 1 saturated carbocycles. The summed E-state index contributed by atoms with van der Waals surface area (Å²) in [7, 11) is 0. The minimum Gasteiger partial charge on any atom is -0.382 e. The first-order valence-corrected chi connectivity index (χ1v) is 10.6. The molecule has 2 aliphatic heterocycles. The Labute approximate surface area is 179 Å². The molecular formula is C21H33ClN4O3. The van der Waals surface area contributed by atoms with E-state index in [-0.39, 0.29) is 18.3 Å². The monoisotopic (exact) mass is 424 g/mol. The van der Waals surface area contributed by atoms with Gasteiger partial charge in [-0.2, -0.15) is 0 Å². The van der Waals surface area contributed by atoms with Gasteiger partial charge in [0, 0.05) is 43.1 Å². The number of amides is 1. The molecule has 2 heterocycles. The molecule has 2 saturated heterocycles. The van der Waals surface area contributed by atoms with E-state index in [1.807, 2.05) is 12.1 Å². The number of nitrogens with zero attached hydrogens (tertiary/aromatic N) is 1. The van der Waals surface area contributed by atoms with Crippen LogP contribution in [0.2, 0.25) is 0 Å². The molecule has 7 nitrogen and oxygen atoms in total. The molecule has 1 aromatic carbocycles. The van der Waals surface area contributed by atoms with Crippen LogP contribution >= 0.6 is 12.4 Å². The summed E-state index contributed by atoms with van der Waals surface area (Å²) in [6, 6.07) is 9.00. The van der Waals surface area contributed by atoms with Crippen molar-refractivity contribution < 1.29 is 14.3 Å². The summed E-state index contributed by atoms with van der Waals surface area (Å²) in [6.07, 6.45) is 3.70. The molecule has 1 amide bonds. The number of morpholine rings is 2. The van der Waals surface area contributed by atoms with E-state index in [0.29, 0.717) is 37.8 Å². The zero-order valence-corrected chi connectivity index (χ0v) is 17.7. The van der Waals surface area contributed by atoms with Crippen molar-refractivity contribution in [1.29, 1.82) is 0 Å². The standard InChI is InChI=1S/C21H32N4O3.ClH/c26-21(14-25-9-12-27-13-10-25)24-17-6-4-16(5-7-17)23-19-3-1-2-18(19)20-15-28-11-8-22-20;/h4-7,18-20,22-23H,1-3,8-15H2,(H,24,26);1H. The molecular weight excluding hydrogens is 392 g/mol. The number of rotatable bonds is 6. The second-order valence-corrected chi connectivity index (χ2v) is 8.00. The number of halogens is 1. The molecule has 8 heteroatoms. The fraction of sp³-hybridized carbons (Fsp3) is 0.667. The Kier molecular flexibility index (Phi) is 8.56. The van der Waals surface area contributed by atoms with Crippen molar-refractivity contribution in [3.8, 4) is 0 Å². The first-order valence-electron chi connectivity index (χ1n) is 10.6. The van der Waals surface area contributed by atoms with E-state index in [2.05, 4.69) is 33.0 Å². The number of benzene rings is 1.